The minimum Gasteiger partial charge on any atom is -0.337 e. The van der Waals surface area contributed by atoms with Crippen molar-refractivity contribution < 1.29 is 4.79 Å². The number of hydrogen-bond donors (Lipinski definition) is 2. The molecular weight excluding hydrogens is 340 g/mol. The van der Waals surface area contributed by atoms with E-state index in [1.165, 1.54) is 0 Å². The number of H-pyrrole nitrogens is 1. The molecule has 2 aromatic heterocycles. The average molecular weight is 367 g/mol. The van der Waals surface area contributed by atoms with Crippen LogP contribution in [-0.4, -0.2) is 49.9 Å². The quantitative estimate of drug-likeness (QED) is 0.850. The minimum atomic E-state index is -0.0761. The number of aryl methyl sites for hydroxylation is 2. The highest BCUT2D eigenvalue weighted by molar-refractivity contribution is 5.93. The van der Waals surface area contributed by atoms with E-state index in [0.29, 0.717) is 18.8 Å². The lowest BCUT2D eigenvalue weighted by Gasteiger charge is -2.42. The highest BCUT2D eigenvalue weighted by Crippen LogP contribution is 2.29. The first-order chi connectivity index (χ1) is 11.2. The van der Waals surface area contributed by atoms with Gasteiger partial charge in [-0.25, -0.2) is 0 Å². The van der Waals surface area contributed by atoms with Crippen LogP contribution in [-0.2, 0) is 7.05 Å². The largest absolute Gasteiger partial charge is 0.337 e. The standard InChI is InChI=1S/C17H26N6O.ClH/c1-10-15(11(2)22(5)21-10)12-8-13(20-19-12)16(24)23-7-6-14(18)17(3,4)9-23;/h8,14H,6-7,9,18H2,1-5H3,(H,19,20);1H. The Morgan fingerprint density at radius 2 is 2.08 bits per heavy atom. The van der Waals surface area contributed by atoms with Crippen LogP contribution in [0.25, 0.3) is 11.3 Å². The molecule has 3 rings (SSSR count). The van der Waals surface area contributed by atoms with Crippen molar-refractivity contribution in [2.75, 3.05) is 13.1 Å². The number of nitrogens with zero attached hydrogens (tertiary/aromatic N) is 4. The van der Waals surface area contributed by atoms with Crippen LogP contribution >= 0.6 is 12.4 Å². The van der Waals surface area contributed by atoms with Crippen LogP contribution in [0.5, 0.6) is 0 Å². The number of hydrogen-bond acceptors (Lipinski definition) is 4. The van der Waals surface area contributed by atoms with Gasteiger partial charge in [0, 0.05) is 37.4 Å². The number of piperidine rings is 1. The van der Waals surface area contributed by atoms with Crippen LogP contribution in [0.1, 0.15) is 42.1 Å². The lowest BCUT2D eigenvalue weighted by molar-refractivity contribution is 0.0527. The Bertz CT molecular complexity index is 778. The molecule has 138 valence electrons. The molecule has 1 saturated heterocycles. The molecule has 7 nitrogen and oxygen atoms in total. The Hall–Kier alpha value is -1.86. The molecule has 1 unspecified atom stereocenters. The number of nitrogens with two attached hydrogens (primary N) is 1. The van der Waals surface area contributed by atoms with E-state index in [2.05, 4.69) is 29.1 Å². The van der Waals surface area contributed by atoms with E-state index in [1.54, 1.807) is 0 Å². The molecule has 2 aromatic rings. The van der Waals surface area contributed by atoms with Crippen LogP contribution in [0, 0.1) is 19.3 Å². The Morgan fingerprint density at radius 1 is 1.40 bits per heavy atom. The molecule has 1 aliphatic rings. The lowest BCUT2D eigenvalue weighted by atomic mass is 9.79. The van der Waals surface area contributed by atoms with Crippen molar-refractivity contribution in [3.63, 3.8) is 0 Å². The predicted octanol–water partition coefficient (Wildman–Crippen LogP) is 2.05. The van der Waals surface area contributed by atoms with Crippen LogP contribution in [0.4, 0.5) is 0 Å². The summed E-state index contributed by atoms with van der Waals surface area (Å²) in [5.74, 6) is -0.0204. The van der Waals surface area contributed by atoms with Crippen molar-refractivity contribution in [1.29, 1.82) is 0 Å². The first kappa shape index (κ1) is 19.5. The molecule has 1 fully saturated rings. The predicted molar refractivity (Wildman–Crippen MR) is 99.8 cm³/mol. The second-order valence-corrected chi connectivity index (χ2v) is 7.45. The maximum atomic E-state index is 12.8. The zero-order chi connectivity index (χ0) is 17.6. The summed E-state index contributed by atoms with van der Waals surface area (Å²) in [7, 11) is 1.91. The molecule has 0 aliphatic carbocycles. The van der Waals surface area contributed by atoms with Crippen LogP contribution in [0.2, 0.25) is 0 Å². The van der Waals surface area contributed by atoms with E-state index in [4.69, 9.17) is 5.73 Å². The molecule has 0 saturated carbocycles. The Morgan fingerprint density at radius 3 is 2.64 bits per heavy atom. The van der Waals surface area contributed by atoms with E-state index < -0.39 is 0 Å². The fourth-order valence-corrected chi connectivity index (χ4v) is 3.42. The summed E-state index contributed by atoms with van der Waals surface area (Å²) in [4.78, 5) is 14.7. The smallest absolute Gasteiger partial charge is 0.271 e. The number of halogens is 1. The molecule has 0 aromatic carbocycles. The third kappa shape index (κ3) is 3.43. The first-order valence-corrected chi connectivity index (χ1v) is 8.31. The monoisotopic (exact) mass is 366 g/mol. The topological polar surface area (TPSA) is 92.8 Å². The van der Waals surface area contributed by atoms with Crippen LogP contribution in [0.15, 0.2) is 6.07 Å². The molecule has 0 radical (unpaired) electrons. The van der Waals surface area contributed by atoms with E-state index >= 15 is 0 Å². The Labute approximate surface area is 154 Å². The molecular formula is C17H27ClN6O. The van der Waals surface area contributed by atoms with E-state index in [-0.39, 0.29) is 29.8 Å². The van der Waals surface area contributed by atoms with Gasteiger partial charge in [0.25, 0.3) is 5.91 Å². The Balaban J connectivity index is 0.00000225. The van der Waals surface area contributed by atoms with Crippen molar-refractivity contribution in [1.82, 2.24) is 24.9 Å². The van der Waals surface area contributed by atoms with Gasteiger partial charge in [0.15, 0.2) is 0 Å². The maximum Gasteiger partial charge on any atom is 0.271 e. The van der Waals surface area contributed by atoms with E-state index in [9.17, 15) is 4.79 Å². The second-order valence-electron chi connectivity index (χ2n) is 7.45. The summed E-state index contributed by atoms with van der Waals surface area (Å²) in [6.07, 6.45) is 0.820. The second kappa shape index (κ2) is 6.80. The molecule has 25 heavy (non-hydrogen) atoms. The van der Waals surface area contributed by atoms with Crippen molar-refractivity contribution in [2.24, 2.45) is 18.2 Å². The molecule has 0 spiro atoms. The van der Waals surface area contributed by atoms with Crippen LogP contribution < -0.4 is 5.73 Å². The molecule has 1 atom stereocenters. The summed E-state index contributed by atoms with van der Waals surface area (Å²) in [5, 5.41) is 11.6. The summed E-state index contributed by atoms with van der Waals surface area (Å²) in [6, 6.07) is 1.94. The van der Waals surface area contributed by atoms with Gasteiger partial charge in [-0.2, -0.15) is 10.2 Å². The highest BCUT2D eigenvalue weighted by atomic mass is 35.5. The van der Waals surface area contributed by atoms with Gasteiger partial charge in [0.2, 0.25) is 0 Å². The van der Waals surface area contributed by atoms with Gasteiger partial charge in [0.1, 0.15) is 5.69 Å². The summed E-state index contributed by atoms with van der Waals surface area (Å²) < 4.78 is 1.83. The maximum absolute atomic E-state index is 12.8. The summed E-state index contributed by atoms with van der Waals surface area (Å²) in [5.41, 5.74) is 10.3. The SMILES string of the molecule is Cc1nn(C)c(C)c1-c1cc(C(=O)N2CCC(N)C(C)(C)C2)[nH]n1.Cl. The summed E-state index contributed by atoms with van der Waals surface area (Å²) >= 11 is 0. The first-order valence-electron chi connectivity index (χ1n) is 8.31. The number of nitrogens with one attached hydrogen (secondary N) is 1. The highest BCUT2D eigenvalue weighted by Gasteiger charge is 2.36. The van der Waals surface area contributed by atoms with Gasteiger partial charge in [-0.1, -0.05) is 13.8 Å². The van der Waals surface area contributed by atoms with Crippen molar-refractivity contribution >= 4 is 18.3 Å². The number of aromatic nitrogens is 4. The molecule has 1 aliphatic heterocycles. The van der Waals surface area contributed by atoms with Gasteiger partial charge >= 0.3 is 0 Å². The number of amides is 1. The van der Waals surface area contributed by atoms with Crippen molar-refractivity contribution in [3.8, 4) is 11.3 Å². The normalized spacial score (nSPS) is 19.6. The van der Waals surface area contributed by atoms with E-state index in [0.717, 1.165) is 29.1 Å². The molecule has 0 bridgehead atoms. The number of carbonyl (C=O) groups is 1. The van der Waals surface area contributed by atoms with Gasteiger partial charge in [0.05, 0.1) is 11.4 Å². The van der Waals surface area contributed by atoms with Gasteiger partial charge in [-0.05, 0) is 31.7 Å². The van der Waals surface area contributed by atoms with Crippen molar-refractivity contribution in [2.45, 2.75) is 40.2 Å². The third-order valence-electron chi connectivity index (χ3n) is 5.17. The number of rotatable bonds is 2. The van der Waals surface area contributed by atoms with Crippen LogP contribution in [0.3, 0.4) is 0 Å². The van der Waals surface area contributed by atoms with Gasteiger partial charge in [-0.3, -0.25) is 14.6 Å². The zero-order valence-electron chi connectivity index (χ0n) is 15.5. The third-order valence-corrected chi connectivity index (χ3v) is 5.17. The minimum absolute atomic E-state index is 0. The van der Waals surface area contributed by atoms with Gasteiger partial charge < -0.3 is 10.6 Å². The van der Waals surface area contributed by atoms with E-state index in [1.807, 2.05) is 36.5 Å². The average Bonchev–Trinajstić information content (AvgIpc) is 3.07. The Kier molecular flexibility index (Phi) is 5.30. The van der Waals surface area contributed by atoms with Gasteiger partial charge in [-0.15, -0.1) is 12.4 Å². The molecule has 1 amide bonds. The fourth-order valence-electron chi connectivity index (χ4n) is 3.42. The number of carbonyl (C=O) groups excluding carboxylic acids is 1. The number of aromatic amines is 1. The number of likely N-dealkylation sites (tertiary alicyclic amines) is 1. The fraction of sp³-hybridized carbons (Fsp3) is 0.588. The van der Waals surface area contributed by atoms with Crippen molar-refractivity contribution in [3.05, 3.63) is 23.1 Å². The molecule has 3 N–H and O–H groups in total. The molecule has 3 heterocycles. The lowest BCUT2D eigenvalue weighted by Crippen LogP contribution is -2.54. The summed E-state index contributed by atoms with van der Waals surface area (Å²) in [6.45, 7) is 9.51. The molecule has 8 heteroatoms. The zero-order valence-corrected chi connectivity index (χ0v) is 16.3.